The molecule has 0 aromatic heterocycles. The van der Waals surface area contributed by atoms with Crippen LogP contribution in [0.5, 0.6) is 0 Å². The standard InChI is InChI=1S/C24H48/c1-10-12-17(4)20(7)22(9)21(8)18(5)13-16(3)14-19(6)24-15-23(24)11-2/h16-24H,10-15H2,1-9H3. The normalized spacial score (nSPS) is 29.4. The second-order valence-electron chi connectivity index (χ2n) is 9.94. The van der Waals surface area contributed by atoms with Crippen LogP contribution in [0.25, 0.3) is 0 Å². The zero-order chi connectivity index (χ0) is 18.4. The van der Waals surface area contributed by atoms with Gasteiger partial charge in [-0.1, -0.05) is 81.6 Å². The minimum absolute atomic E-state index is 0.846. The molecule has 1 fully saturated rings. The van der Waals surface area contributed by atoms with E-state index in [0.717, 1.165) is 53.3 Å². The van der Waals surface area contributed by atoms with E-state index in [1.165, 1.54) is 38.5 Å². The van der Waals surface area contributed by atoms with Crippen molar-refractivity contribution in [2.45, 2.75) is 101 Å². The third-order valence-electron chi connectivity index (χ3n) is 7.98. The first kappa shape index (κ1) is 22.0. The van der Waals surface area contributed by atoms with E-state index < -0.39 is 0 Å². The Morgan fingerprint density at radius 2 is 1.33 bits per heavy atom. The maximum Gasteiger partial charge on any atom is -0.0357 e. The summed E-state index contributed by atoms with van der Waals surface area (Å²) in [5.74, 6) is 8.24. The van der Waals surface area contributed by atoms with Crippen LogP contribution in [0.4, 0.5) is 0 Å². The second kappa shape index (κ2) is 10.2. The summed E-state index contributed by atoms with van der Waals surface area (Å²) in [6.45, 7) is 22.2. The Hall–Kier alpha value is 0. The van der Waals surface area contributed by atoms with Gasteiger partial charge in [0.25, 0.3) is 0 Å². The number of hydrogen-bond acceptors (Lipinski definition) is 0. The molecular weight excluding hydrogens is 288 g/mol. The maximum atomic E-state index is 2.52. The van der Waals surface area contributed by atoms with Crippen LogP contribution < -0.4 is 0 Å². The summed E-state index contributed by atoms with van der Waals surface area (Å²) in [6.07, 6.45) is 8.52. The van der Waals surface area contributed by atoms with Gasteiger partial charge >= 0.3 is 0 Å². The molecule has 0 N–H and O–H groups in total. The van der Waals surface area contributed by atoms with Crippen molar-refractivity contribution < 1.29 is 0 Å². The van der Waals surface area contributed by atoms with Crippen LogP contribution >= 0.6 is 0 Å². The van der Waals surface area contributed by atoms with Gasteiger partial charge in [0, 0.05) is 0 Å². The quantitative estimate of drug-likeness (QED) is 0.338. The van der Waals surface area contributed by atoms with Gasteiger partial charge in [0.15, 0.2) is 0 Å². The highest BCUT2D eigenvalue weighted by molar-refractivity contribution is 4.89. The van der Waals surface area contributed by atoms with E-state index in [2.05, 4.69) is 62.3 Å². The molecule has 0 saturated heterocycles. The molecule has 1 aliphatic rings. The molecule has 1 aliphatic carbocycles. The van der Waals surface area contributed by atoms with Gasteiger partial charge in [-0.15, -0.1) is 0 Å². The van der Waals surface area contributed by atoms with Crippen LogP contribution in [0.1, 0.15) is 101 Å². The van der Waals surface area contributed by atoms with E-state index in [9.17, 15) is 0 Å². The average Bonchev–Trinajstić information content (AvgIpc) is 3.32. The van der Waals surface area contributed by atoms with Crippen molar-refractivity contribution in [3.05, 3.63) is 0 Å². The monoisotopic (exact) mass is 336 g/mol. The Kier molecular flexibility index (Phi) is 9.39. The Labute approximate surface area is 154 Å². The van der Waals surface area contributed by atoms with E-state index in [4.69, 9.17) is 0 Å². The SMILES string of the molecule is CCCC(C)C(C)C(C)C(C)C(C)CC(C)CC(C)C1CC1CC. The van der Waals surface area contributed by atoms with Crippen LogP contribution in [-0.2, 0) is 0 Å². The fraction of sp³-hybridized carbons (Fsp3) is 1.00. The molecule has 0 spiro atoms. The van der Waals surface area contributed by atoms with Crippen LogP contribution in [0.2, 0.25) is 0 Å². The molecule has 0 heteroatoms. The molecule has 1 rings (SSSR count). The zero-order valence-electron chi connectivity index (χ0n) is 18.4. The lowest BCUT2D eigenvalue weighted by Gasteiger charge is -2.35. The Morgan fingerprint density at radius 1 is 0.750 bits per heavy atom. The van der Waals surface area contributed by atoms with Gasteiger partial charge in [-0.05, 0) is 72.5 Å². The van der Waals surface area contributed by atoms with Gasteiger partial charge < -0.3 is 0 Å². The molecule has 0 aromatic carbocycles. The van der Waals surface area contributed by atoms with Crippen LogP contribution in [-0.4, -0.2) is 0 Å². The lowest BCUT2D eigenvalue weighted by Crippen LogP contribution is -2.27. The van der Waals surface area contributed by atoms with Crippen LogP contribution in [0, 0.1) is 53.3 Å². The van der Waals surface area contributed by atoms with Gasteiger partial charge in [-0.3, -0.25) is 0 Å². The van der Waals surface area contributed by atoms with Crippen molar-refractivity contribution in [1.29, 1.82) is 0 Å². The molecule has 0 nitrogen and oxygen atoms in total. The largest absolute Gasteiger partial charge is 0.0654 e. The molecule has 0 amide bonds. The summed E-state index contributed by atoms with van der Waals surface area (Å²) in [5, 5.41) is 0. The first-order chi connectivity index (χ1) is 11.2. The molecule has 0 aromatic rings. The predicted octanol–water partition coefficient (Wildman–Crippen LogP) is 8.07. The van der Waals surface area contributed by atoms with Gasteiger partial charge in [-0.2, -0.15) is 0 Å². The van der Waals surface area contributed by atoms with Gasteiger partial charge in [0.2, 0.25) is 0 Å². The molecule has 0 heterocycles. The molecule has 0 radical (unpaired) electrons. The van der Waals surface area contributed by atoms with E-state index in [1.54, 1.807) is 0 Å². The number of hydrogen-bond donors (Lipinski definition) is 0. The predicted molar refractivity (Wildman–Crippen MR) is 110 cm³/mol. The summed E-state index contributed by atoms with van der Waals surface area (Å²) >= 11 is 0. The Morgan fingerprint density at radius 3 is 1.83 bits per heavy atom. The lowest BCUT2D eigenvalue weighted by atomic mass is 9.71. The average molecular weight is 337 g/mol. The second-order valence-corrected chi connectivity index (χ2v) is 9.94. The van der Waals surface area contributed by atoms with E-state index >= 15 is 0 Å². The molecule has 0 aliphatic heterocycles. The molecular formula is C24H48. The summed E-state index contributed by atoms with van der Waals surface area (Å²) in [4.78, 5) is 0. The summed E-state index contributed by atoms with van der Waals surface area (Å²) in [7, 11) is 0. The van der Waals surface area contributed by atoms with Gasteiger partial charge in [0.1, 0.15) is 0 Å². The molecule has 24 heavy (non-hydrogen) atoms. The summed E-state index contributed by atoms with van der Waals surface area (Å²) in [5.41, 5.74) is 0. The fourth-order valence-electron chi connectivity index (χ4n) is 5.43. The van der Waals surface area contributed by atoms with Crippen molar-refractivity contribution in [2.24, 2.45) is 53.3 Å². The third-order valence-corrected chi connectivity index (χ3v) is 7.98. The zero-order valence-corrected chi connectivity index (χ0v) is 18.4. The first-order valence-corrected chi connectivity index (χ1v) is 11.2. The van der Waals surface area contributed by atoms with Crippen molar-refractivity contribution in [2.75, 3.05) is 0 Å². The van der Waals surface area contributed by atoms with Gasteiger partial charge in [-0.25, -0.2) is 0 Å². The number of rotatable bonds is 12. The first-order valence-electron chi connectivity index (χ1n) is 11.2. The van der Waals surface area contributed by atoms with E-state index in [0.29, 0.717) is 0 Å². The topological polar surface area (TPSA) is 0 Å². The minimum Gasteiger partial charge on any atom is -0.0654 e. The van der Waals surface area contributed by atoms with Crippen molar-refractivity contribution in [3.63, 3.8) is 0 Å². The van der Waals surface area contributed by atoms with Crippen molar-refractivity contribution in [3.8, 4) is 0 Å². The van der Waals surface area contributed by atoms with Crippen molar-refractivity contribution in [1.82, 2.24) is 0 Å². The summed E-state index contributed by atoms with van der Waals surface area (Å²) in [6, 6.07) is 0. The molecule has 144 valence electrons. The van der Waals surface area contributed by atoms with Crippen molar-refractivity contribution >= 4 is 0 Å². The maximum absolute atomic E-state index is 2.52. The smallest absolute Gasteiger partial charge is 0.0357 e. The molecule has 9 atom stereocenters. The minimum atomic E-state index is 0.846. The van der Waals surface area contributed by atoms with Crippen LogP contribution in [0.15, 0.2) is 0 Å². The Balaban J connectivity index is 2.40. The highest BCUT2D eigenvalue weighted by Gasteiger charge is 2.39. The third kappa shape index (κ3) is 6.38. The molecule has 0 bridgehead atoms. The highest BCUT2D eigenvalue weighted by atomic mass is 14.4. The summed E-state index contributed by atoms with van der Waals surface area (Å²) < 4.78 is 0. The molecule has 9 unspecified atom stereocenters. The van der Waals surface area contributed by atoms with E-state index in [1.807, 2.05) is 0 Å². The van der Waals surface area contributed by atoms with E-state index in [-0.39, 0.29) is 0 Å². The lowest BCUT2D eigenvalue weighted by molar-refractivity contribution is 0.146. The fourth-order valence-corrected chi connectivity index (χ4v) is 5.43. The highest BCUT2D eigenvalue weighted by Crippen LogP contribution is 2.48. The van der Waals surface area contributed by atoms with Gasteiger partial charge in [0.05, 0.1) is 0 Å². The Bertz CT molecular complexity index is 333. The van der Waals surface area contributed by atoms with Crippen LogP contribution in [0.3, 0.4) is 0 Å². The molecule has 1 saturated carbocycles.